The molecule has 2 N–H and O–H groups in total. The third-order valence-corrected chi connectivity index (χ3v) is 4.08. The average Bonchev–Trinajstić information content (AvgIpc) is 2.76. The highest BCUT2D eigenvalue weighted by Gasteiger charge is 2.37. The molecule has 1 heterocycles. The molecule has 0 unspecified atom stereocenters. The highest BCUT2D eigenvalue weighted by Crippen LogP contribution is 2.26. The van der Waals surface area contributed by atoms with E-state index >= 15 is 0 Å². The lowest BCUT2D eigenvalue weighted by molar-refractivity contribution is -0.142. The zero-order chi connectivity index (χ0) is 14.9. The van der Waals surface area contributed by atoms with Gasteiger partial charge in [-0.2, -0.15) is 0 Å². The summed E-state index contributed by atoms with van der Waals surface area (Å²) < 4.78 is 13.7. The van der Waals surface area contributed by atoms with Crippen molar-refractivity contribution in [2.24, 2.45) is 11.8 Å². The van der Waals surface area contributed by atoms with Crippen LogP contribution in [0.2, 0.25) is 0 Å². The number of carbonyl (C=O) groups is 2. The summed E-state index contributed by atoms with van der Waals surface area (Å²) in [6, 6.07) is 3.55. The van der Waals surface area contributed by atoms with Gasteiger partial charge in [0.1, 0.15) is 5.82 Å². The molecule has 5 nitrogen and oxygen atoms in total. The Bertz CT molecular complexity index is 552. The summed E-state index contributed by atoms with van der Waals surface area (Å²) in [4.78, 5) is 24.5. The summed E-state index contributed by atoms with van der Waals surface area (Å²) in [5, 5.41) is 11.6. The first-order valence-electron chi connectivity index (χ1n) is 6.12. The summed E-state index contributed by atoms with van der Waals surface area (Å²) in [5.74, 6) is -2.02. The predicted octanol–water partition coefficient (Wildman–Crippen LogP) is 2.77. The van der Waals surface area contributed by atoms with Crippen molar-refractivity contribution in [3.63, 3.8) is 0 Å². The number of carboxylic acid groups (broad SMARTS) is 1. The first-order chi connectivity index (χ1) is 9.38. The molecule has 0 bridgehead atoms. The number of nitrogens with zero attached hydrogens (tertiary/aromatic N) is 1. The van der Waals surface area contributed by atoms with E-state index in [0.717, 1.165) is 0 Å². The van der Waals surface area contributed by atoms with Crippen molar-refractivity contribution in [1.29, 1.82) is 0 Å². The van der Waals surface area contributed by atoms with Crippen molar-refractivity contribution < 1.29 is 19.1 Å². The molecule has 2 atom stereocenters. The van der Waals surface area contributed by atoms with Crippen molar-refractivity contribution in [2.75, 3.05) is 18.4 Å². The van der Waals surface area contributed by atoms with Crippen molar-refractivity contribution in [1.82, 2.24) is 4.90 Å². The number of hydrogen-bond acceptors (Lipinski definition) is 2. The van der Waals surface area contributed by atoms with E-state index in [1.807, 2.05) is 0 Å². The molecular weight excluding hydrogens is 331 g/mol. The van der Waals surface area contributed by atoms with E-state index in [9.17, 15) is 14.0 Å². The molecule has 7 heteroatoms. The van der Waals surface area contributed by atoms with E-state index in [2.05, 4.69) is 21.2 Å². The highest BCUT2D eigenvalue weighted by molar-refractivity contribution is 9.10. The SMILES string of the molecule is C[C@@H]1CN(C(=O)Nc2cc(F)ccc2Br)C[C@H]1C(=O)O. The maximum absolute atomic E-state index is 13.1. The standard InChI is InChI=1S/C13H14BrFN2O3/c1-7-5-17(6-9(7)12(18)19)13(20)16-11-4-8(15)2-3-10(11)14/h2-4,7,9H,5-6H2,1H3,(H,16,20)(H,18,19)/t7-,9-/m1/s1. The topological polar surface area (TPSA) is 69.6 Å². The lowest BCUT2D eigenvalue weighted by Gasteiger charge is -2.17. The molecule has 1 aliphatic rings. The molecule has 20 heavy (non-hydrogen) atoms. The lowest BCUT2D eigenvalue weighted by Crippen LogP contribution is -2.34. The summed E-state index contributed by atoms with van der Waals surface area (Å²) in [6.07, 6.45) is 0. The molecular formula is C13H14BrFN2O3. The minimum atomic E-state index is -0.903. The largest absolute Gasteiger partial charge is 0.481 e. The van der Waals surface area contributed by atoms with Gasteiger partial charge in [0, 0.05) is 17.6 Å². The minimum absolute atomic E-state index is 0.103. The molecule has 1 fully saturated rings. The van der Waals surface area contributed by atoms with Crippen molar-refractivity contribution in [3.8, 4) is 0 Å². The van der Waals surface area contributed by atoms with Gasteiger partial charge in [-0.1, -0.05) is 6.92 Å². The molecule has 0 spiro atoms. The number of likely N-dealkylation sites (tertiary alicyclic amines) is 1. The van der Waals surface area contributed by atoms with E-state index in [0.29, 0.717) is 16.7 Å². The van der Waals surface area contributed by atoms with Gasteiger partial charge in [-0.15, -0.1) is 0 Å². The minimum Gasteiger partial charge on any atom is -0.481 e. The van der Waals surface area contributed by atoms with Crippen LogP contribution in [0, 0.1) is 17.7 Å². The van der Waals surface area contributed by atoms with E-state index < -0.39 is 23.7 Å². The predicted molar refractivity (Wildman–Crippen MR) is 75.0 cm³/mol. The second-order valence-corrected chi connectivity index (χ2v) is 5.74. The van der Waals surface area contributed by atoms with E-state index in [-0.39, 0.29) is 12.5 Å². The van der Waals surface area contributed by atoms with Gasteiger partial charge in [-0.25, -0.2) is 9.18 Å². The normalized spacial score (nSPS) is 21.9. The molecule has 1 aromatic carbocycles. The highest BCUT2D eigenvalue weighted by atomic mass is 79.9. The van der Waals surface area contributed by atoms with Gasteiger partial charge in [0.25, 0.3) is 0 Å². The van der Waals surface area contributed by atoms with Crippen molar-refractivity contribution in [3.05, 3.63) is 28.5 Å². The maximum atomic E-state index is 13.1. The van der Waals surface area contributed by atoms with Crippen LogP contribution in [-0.2, 0) is 4.79 Å². The molecule has 2 rings (SSSR count). The first-order valence-corrected chi connectivity index (χ1v) is 6.91. The molecule has 0 saturated carbocycles. The molecule has 0 aliphatic carbocycles. The van der Waals surface area contributed by atoms with E-state index in [1.165, 1.54) is 23.1 Å². The van der Waals surface area contributed by atoms with Crippen molar-refractivity contribution >= 4 is 33.6 Å². The first kappa shape index (κ1) is 14.8. The molecule has 0 aromatic heterocycles. The van der Waals surface area contributed by atoms with Crippen LogP contribution in [0.1, 0.15) is 6.92 Å². The quantitative estimate of drug-likeness (QED) is 0.866. The lowest BCUT2D eigenvalue weighted by atomic mass is 9.99. The number of carbonyl (C=O) groups excluding carboxylic acids is 1. The number of urea groups is 1. The summed E-state index contributed by atoms with van der Waals surface area (Å²) in [6.45, 7) is 2.33. The van der Waals surface area contributed by atoms with Gasteiger partial charge in [-0.05, 0) is 40.0 Å². The van der Waals surface area contributed by atoms with Crippen LogP contribution in [0.25, 0.3) is 0 Å². The fourth-order valence-electron chi connectivity index (χ4n) is 2.24. The number of anilines is 1. The number of rotatable bonds is 2. The van der Waals surface area contributed by atoms with Gasteiger partial charge in [0.2, 0.25) is 0 Å². The summed E-state index contributed by atoms with van der Waals surface area (Å²) in [7, 11) is 0. The number of aliphatic carboxylic acids is 1. The monoisotopic (exact) mass is 344 g/mol. The summed E-state index contributed by atoms with van der Waals surface area (Å²) in [5.41, 5.74) is 0.321. The number of carboxylic acids is 1. The number of hydrogen-bond donors (Lipinski definition) is 2. The number of halogens is 2. The third-order valence-electron chi connectivity index (χ3n) is 3.39. The van der Waals surface area contributed by atoms with E-state index in [4.69, 9.17) is 5.11 Å². The number of benzene rings is 1. The van der Waals surface area contributed by atoms with Crippen LogP contribution < -0.4 is 5.32 Å². The molecule has 0 radical (unpaired) electrons. The van der Waals surface area contributed by atoms with Crippen LogP contribution in [-0.4, -0.2) is 35.1 Å². The zero-order valence-corrected chi connectivity index (χ0v) is 12.4. The number of amides is 2. The van der Waals surface area contributed by atoms with Gasteiger partial charge >= 0.3 is 12.0 Å². The van der Waals surface area contributed by atoms with Crippen LogP contribution in [0.15, 0.2) is 22.7 Å². The zero-order valence-electron chi connectivity index (χ0n) is 10.8. The Labute approximate surface area is 123 Å². The van der Waals surface area contributed by atoms with Gasteiger partial charge in [0.15, 0.2) is 0 Å². The Hall–Kier alpha value is -1.63. The summed E-state index contributed by atoms with van der Waals surface area (Å²) >= 11 is 3.22. The van der Waals surface area contributed by atoms with Gasteiger partial charge < -0.3 is 15.3 Å². The average molecular weight is 345 g/mol. The molecule has 1 aromatic rings. The van der Waals surface area contributed by atoms with Crippen LogP contribution in [0.4, 0.5) is 14.9 Å². The number of nitrogens with one attached hydrogen (secondary N) is 1. The molecule has 2 amide bonds. The third kappa shape index (κ3) is 3.09. The second kappa shape index (κ2) is 5.78. The Morgan fingerprint density at radius 1 is 1.45 bits per heavy atom. The molecule has 1 aliphatic heterocycles. The van der Waals surface area contributed by atoms with Crippen LogP contribution in [0.3, 0.4) is 0 Å². The van der Waals surface area contributed by atoms with Crippen LogP contribution in [0.5, 0.6) is 0 Å². The van der Waals surface area contributed by atoms with Gasteiger partial charge in [-0.3, -0.25) is 4.79 Å². The Balaban J connectivity index is 2.06. The molecule has 108 valence electrons. The Morgan fingerprint density at radius 2 is 2.15 bits per heavy atom. The second-order valence-electron chi connectivity index (χ2n) is 4.88. The smallest absolute Gasteiger partial charge is 0.321 e. The van der Waals surface area contributed by atoms with Gasteiger partial charge in [0.05, 0.1) is 11.6 Å². The molecule has 1 saturated heterocycles. The van der Waals surface area contributed by atoms with Crippen LogP contribution >= 0.6 is 15.9 Å². The van der Waals surface area contributed by atoms with E-state index in [1.54, 1.807) is 6.92 Å². The Kier molecular flexibility index (Phi) is 4.27. The Morgan fingerprint density at radius 3 is 2.75 bits per heavy atom. The fraction of sp³-hybridized carbons (Fsp3) is 0.385. The maximum Gasteiger partial charge on any atom is 0.321 e. The fourth-order valence-corrected chi connectivity index (χ4v) is 2.59. The van der Waals surface area contributed by atoms with Crippen molar-refractivity contribution in [2.45, 2.75) is 6.92 Å².